The maximum atomic E-state index is 14.0. The van der Waals surface area contributed by atoms with E-state index in [4.69, 9.17) is 4.74 Å². The first-order valence-electron chi connectivity index (χ1n) is 10.5. The number of hydrogen-bond donors (Lipinski definition) is 0. The van der Waals surface area contributed by atoms with E-state index in [-0.39, 0.29) is 11.7 Å². The highest BCUT2D eigenvalue weighted by molar-refractivity contribution is 5.93. The van der Waals surface area contributed by atoms with Crippen LogP contribution < -0.4 is 9.64 Å². The summed E-state index contributed by atoms with van der Waals surface area (Å²) in [6.07, 6.45) is 2.82. The van der Waals surface area contributed by atoms with Crippen molar-refractivity contribution in [3.8, 4) is 5.75 Å². The standard InChI is InChI=1S/C24H28FN3O2/c1-30-21-6-4-5-19(17-21)18-26-11-9-20(10-12-26)24(29)28-15-13-27(14-16-28)23-8-3-2-7-22(23)25/h2-9,17H,10-16,18H2,1H3. The smallest absolute Gasteiger partial charge is 0.249 e. The molecule has 2 aliphatic heterocycles. The topological polar surface area (TPSA) is 36.0 Å². The van der Waals surface area contributed by atoms with Crippen molar-refractivity contribution >= 4 is 11.6 Å². The van der Waals surface area contributed by atoms with E-state index in [1.54, 1.807) is 19.2 Å². The van der Waals surface area contributed by atoms with Crippen LogP contribution in [0, 0.1) is 5.82 Å². The number of ether oxygens (including phenoxy) is 1. The van der Waals surface area contributed by atoms with Gasteiger partial charge in [0.1, 0.15) is 11.6 Å². The van der Waals surface area contributed by atoms with Crippen molar-refractivity contribution in [1.29, 1.82) is 0 Å². The van der Waals surface area contributed by atoms with Crippen molar-refractivity contribution in [2.45, 2.75) is 13.0 Å². The van der Waals surface area contributed by atoms with Crippen LogP contribution in [0.5, 0.6) is 5.75 Å². The molecule has 2 heterocycles. The lowest BCUT2D eigenvalue weighted by Crippen LogP contribution is -2.49. The number of anilines is 1. The van der Waals surface area contributed by atoms with Crippen molar-refractivity contribution in [1.82, 2.24) is 9.80 Å². The first-order valence-corrected chi connectivity index (χ1v) is 10.5. The molecular weight excluding hydrogens is 381 g/mol. The summed E-state index contributed by atoms with van der Waals surface area (Å²) >= 11 is 0. The van der Waals surface area contributed by atoms with Crippen LogP contribution >= 0.6 is 0 Å². The van der Waals surface area contributed by atoms with Gasteiger partial charge in [0.15, 0.2) is 0 Å². The van der Waals surface area contributed by atoms with Crippen molar-refractivity contribution < 1.29 is 13.9 Å². The van der Waals surface area contributed by atoms with Gasteiger partial charge in [0, 0.05) is 51.4 Å². The zero-order valence-electron chi connectivity index (χ0n) is 17.4. The van der Waals surface area contributed by atoms with Gasteiger partial charge in [-0.3, -0.25) is 9.69 Å². The van der Waals surface area contributed by atoms with E-state index < -0.39 is 0 Å². The van der Waals surface area contributed by atoms with E-state index in [9.17, 15) is 9.18 Å². The van der Waals surface area contributed by atoms with Crippen molar-refractivity contribution in [2.24, 2.45) is 0 Å². The minimum Gasteiger partial charge on any atom is -0.497 e. The van der Waals surface area contributed by atoms with Gasteiger partial charge in [-0.25, -0.2) is 4.39 Å². The second-order valence-corrected chi connectivity index (χ2v) is 7.80. The average Bonchev–Trinajstić information content (AvgIpc) is 2.80. The number of hydrogen-bond acceptors (Lipinski definition) is 4. The number of piperazine rings is 1. The SMILES string of the molecule is COc1cccc(CN2CC=C(C(=O)N3CCN(c4ccccc4F)CC3)CC2)c1. The van der Waals surface area contributed by atoms with Crippen LogP contribution in [-0.4, -0.2) is 62.1 Å². The molecule has 0 bridgehead atoms. The predicted molar refractivity (Wildman–Crippen MR) is 116 cm³/mol. The molecule has 1 fully saturated rings. The number of halogens is 1. The third kappa shape index (κ3) is 4.65. The molecular formula is C24H28FN3O2. The Morgan fingerprint density at radius 2 is 1.83 bits per heavy atom. The average molecular weight is 410 g/mol. The molecule has 0 radical (unpaired) electrons. The minimum absolute atomic E-state index is 0.129. The molecule has 2 aromatic carbocycles. The molecule has 4 rings (SSSR count). The van der Waals surface area contributed by atoms with E-state index in [1.165, 1.54) is 11.6 Å². The van der Waals surface area contributed by atoms with Crippen LogP contribution in [0.15, 0.2) is 60.2 Å². The number of carbonyl (C=O) groups is 1. The molecule has 0 saturated carbocycles. The molecule has 158 valence electrons. The lowest BCUT2D eigenvalue weighted by molar-refractivity contribution is -0.127. The largest absolute Gasteiger partial charge is 0.497 e. The van der Waals surface area contributed by atoms with E-state index in [1.807, 2.05) is 28.0 Å². The van der Waals surface area contributed by atoms with Gasteiger partial charge in [0.05, 0.1) is 12.8 Å². The van der Waals surface area contributed by atoms with Crippen LogP contribution in [0.4, 0.5) is 10.1 Å². The molecule has 2 aromatic rings. The van der Waals surface area contributed by atoms with Gasteiger partial charge in [-0.1, -0.05) is 30.3 Å². The van der Waals surface area contributed by atoms with E-state index in [0.29, 0.717) is 31.9 Å². The van der Waals surface area contributed by atoms with Gasteiger partial charge in [-0.2, -0.15) is 0 Å². The van der Waals surface area contributed by atoms with Gasteiger partial charge in [-0.05, 0) is 36.2 Å². The highest BCUT2D eigenvalue weighted by atomic mass is 19.1. The maximum Gasteiger partial charge on any atom is 0.249 e. The third-order valence-corrected chi connectivity index (χ3v) is 5.87. The van der Waals surface area contributed by atoms with E-state index in [2.05, 4.69) is 23.1 Å². The van der Waals surface area contributed by atoms with Crippen LogP contribution in [0.1, 0.15) is 12.0 Å². The molecule has 0 aromatic heterocycles. The Balaban J connectivity index is 1.30. The molecule has 2 aliphatic rings. The molecule has 0 spiro atoms. The molecule has 5 nitrogen and oxygen atoms in total. The highest BCUT2D eigenvalue weighted by Crippen LogP contribution is 2.22. The van der Waals surface area contributed by atoms with Gasteiger partial charge >= 0.3 is 0 Å². The first-order chi connectivity index (χ1) is 14.6. The maximum absolute atomic E-state index is 14.0. The lowest BCUT2D eigenvalue weighted by atomic mass is 10.1. The Hall–Kier alpha value is -2.86. The second-order valence-electron chi connectivity index (χ2n) is 7.80. The fraction of sp³-hybridized carbons (Fsp3) is 0.375. The molecule has 0 atom stereocenters. The van der Waals surface area contributed by atoms with Gasteiger partial charge < -0.3 is 14.5 Å². The number of amides is 1. The number of rotatable bonds is 5. The Kier molecular flexibility index (Phi) is 6.33. The molecule has 1 saturated heterocycles. The molecule has 0 unspecified atom stereocenters. The zero-order valence-corrected chi connectivity index (χ0v) is 17.4. The number of para-hydroxylation sites is 1. The van der Waals surface area contributed by atoms with Crippen LogP contribution in [-0.2, 0) is 11.3 Å². The van der Waals surface area contributed by atoms with Crippen LogP contribution in [0.25, 0.3) is 0 Å². The number of nitrogens with zero attached hydrogens (tertiary/aromatic N) is 3. The Morgan fingerprint density at radius 3 is 2.53 bits per heavy atom. The van der Waals surface area contributed by atoms with Gasteiger partial charge in [-0.15, -0.1) is 0 Å². The Morgan fingerprint density at radius 1 is 1.03 bits per heavy atom. The number of benzene rings is 2. The Bertz CT molecular complexity index is 922. The van der Waals surface area contributed by atoms with Crippen LogP contribution in [0.3, 0.4) is 0 Å². The van der Waals surface area contributed by atoms with Crippen LogP contribution in [0.2, 0.25) is 0 Å². The highest BCUT2D eigenvalue weighted by Gasteiger charge is 2.26. The van der Waals surface area contributed by atoms with Crippen molar-refractivity contribution in [2.75, 3.05) is 51.3 Å². The van der Waals surface area contributed by atoms with E-state index >= 15 is 0 Å². The first kappa shape index (κ1) is 20.4. The second kappa shape index (κ2) is 9.30. The summed E-state index contributed by atoms with van der Waals surface area (Å²) in [5, 5.41) is 0. The normalized spacial score (nSPS) is 17.6. The lowest BCUT2D eigenvalue weighted by Gasteiger charge is -2.37. The molecule has 0 N–H and O–H groups in total. The van der Waals surface area contributed by atoms with Crippen molar-refractivity contribution in [3.63, 3.8) is 0 Å². The quantitative estimate of drug-likeness (QED) is 0.759. The summed E-state index contributed by atoms with van der Waals surface area (Å²) in [7, 11) is 1.68. The summed E-state index contributed by atoms with van der Waals surface area (Å²) in [5.74, 6) is 0.790. The predicted octanol–water partition coefficient (Wildman–Crippen LogP) is 3.32. The summed E-state index contributed by atoms with van der Waals surface area (Å²) in [4.78, 5) is 19.2. The fourth-order valence-electron chi connectivity index (χ4n) is 4.14. The summed E-state index contributed by atoms with van der Waals surface area (Å²) in [6, 6.07) is 14.9. The minimum atomic E-state index is -0.205. The summed E-state index contributed by atoms with van der Waals surface area (Å²) < 4.78 is 19.3. The third-order valence-electron chi connectivity index (χ3n) is 5.87. The molecule has 30 heavy (non-hydrogen) atoms. The number of carbonyl (C=O) groups excluding carboxylic acids is 1. The fourth-order valence-corrected chi connectivity index (χ4v) is 4.14. The molecule has 1 amide bonds. The van der Waals surface area contributed by atoms with E-state index in [0.717, 1.165) is 37.4 Å². The molecule has 6 heteroatoms. The zero-order chi connectivity index (χ0) is 20.9. The van der Waals surface area contributed by atoms with Gasteiger partial charge in [0.25, 0.3) is 0 Å². The Labute approximate surface area is 177 Å². The van der Waals surface area contributed by atoms with Gasteiger partial charge in [0.2, 0.25) is 5.91 Å². The molecule has 0 aliphatic carbocycles. The monoisotopic (exact) mass is 409 g/mol. The summed E-state index contributed by atoms with van der Waals surface area (Å²) in [5.41, 5.74) is 2.73. The summed E-state index contributed by atoms with van der Waals surface area (Å²) in [6.45, 7) is 5.04. The van der Waals surface area contributed by atoms with Crippen molar-refractivity contribution in [3.05, 3.63) is 71.6 Å². The number of methoxy groups -OCH3 is 1.